The molecule has 0 amide bonds. The zero-order valence-corrected chi connectivity index (χ0v) is 24.5. The lowest BCUT2D eigenvalue weighted by atomic mass is 9.74. The molecule has 0 fully saturated rings. The van der Waals surface area contributed by atoms with Gasteiger partial charge in [-0.3, -0.25) is 4.99 Å². The van der Waals surface area contributed by atoms with E-state index in [2.05, 4.69) is 158 Å². The topological polar surface area (TPSA) is 12.4 Å². The predicted molar refractivity (Wildman–Crippen MR) is 190 cm³/mol. The molecule has 0 aromatic heterocycles. The molecule has 1 unspecified atom stereocenters. The average Bonchev–Trinajstić information content (AvgIpc) is 3.50. The minimum atomic E-state index is 0.179. The third-order valence-corrected chi connectivity index (χ3v) is 9.88. The number of aliphatic imine (C=N–C) groups is 1. The van der Waals surface area contributed by atoms with Gasteiger partial charge < -0.3 is 0 Å². The van der Waals surface area contributed by atoms with Gasteiger partial charge >= 0.3 is 0 Å². The number of para-hydroxylation sites is 1. The van der Waals surface area contributed by atoms with Crippen molar-refractivity contribution in [3.05, 3.63) is 174 Å². The molecule has 10 rings (SSSR count). The SMILES string of the molecule is c1ccc2c(c1)N=C1c3ccc(-c4c5ccccc5c(-c5ccc6ccccc6c5)c5ccccc45)cc3-c3ccccc3C12. The van der Waals surface area contributed by atoms with E-state index < -0.39 is 0 Å². The van der Waals surface area contributed by atoms with Crippen molar-refractivity contribution in [2.24, 2.45) is 4.99 Å². The maximum Gasteiger partial charge on any atom is 0.0675 e. The Morgan fingerprint density at radius 2 is 0.933 bits per heavy atom. The van der Waals surface area contributed by atoms with Gasteiger partial charge in [-0.05, 0) is 95.0 Å². The molecule has 0 bridgehead atoms. The number of rotatable bonds is 2. The van der Waals surface area contributed by atoms with E-state index in [-0.39, 0.29) is 5.92 Å². The summed E-state index contributed by atoms with van der Waals surface area (Å²) >= 11 is 0. The predicted octanol–water partition coefficient (Wildman–Crippen LogP) is 11.7. The first-order chi connectivity index (χ1) is 22.3. The Bertz CT molecular complexity index is 2490. The molecule has 0 saturated carbocycles. The first-order valence-corrected chi connectivity index (χ1v) is 15.7. The van der Waals surface area contributed by atoms with Crippen LogP contribution in [0.25, 0.3) is 65.7 Å². The Labute approximate surface area is 261 Å². The van der Waals surface area contributed by atoms with Crippen molar-refractivity contribution in [1.29, 1.82) is 0 Å². The van der Waals surface area contributed by atoms with Crippen LogP contribution in [0.3, 0.4) is 0 Å². The van der Waals surface area contributed by atoms with Crippen LogP contribution in [-0.2, 0) is 0 Å². The minimum absolute atomic E-state index is 0.179. The zero-order chi connectivity index (χ0) is 29.5. The summed E-state index contributed by atoms with van der Waals surface area (Å²) in [6.45, 7) is 0. The monoisotopic (exact) mass is 569 g/mol. The third kappa shape index (κ3) is 3.53. The number of hydrogen-bond acceptors (Lipinski definition) is 1. The summed E-state index contributed by atoms with van der Waals surface area (Å²) in [5, 5.41) is 7.61. The van der Waals surface area contributed by atoms with Crippen LogP contribution in [0.15, 0.2) is 163 Å². The fourth-order valence-corrected chi connectivity index (χ4v) is 7.94. The van der Waals surface area contributed by atoms with Gasteiger partial charge in [-0.2, -0.15) is 0 Å². The Morgan fingerprint density at radius 1 is 0.378 bits per heavy atom. The first kappa shape index (κ1) is 24.6. The summed E-state index contributed by atoms with van der Waals surface area (Å²) in [5.74, 6) is 0.179. The van der Waals surface area contributed by atoms with Gasteiger partial charge in [-0.15, -0.1) is 0 Å². The summed E-state index contributed by atoms with van der Waals surface area (Å²) in [6, 6.07) is 57.9. The molecule has 1 nitrogen and oxygen atoms in total. The van der Waals surface area contributed by atoms with Gasteiger partial charge in [0.05, 0.1) is 17.3 Å². The molecule has 0 radical (unpaired) electrons. The maximum absolute atomic E-state index is 5.20. The van der Waals surface area contributed by atoms with Crippen LogP contribution in [-0.4, -0.2) is 5.71 Å². The third-order valence-electron chi connectivity index (χ3n) is 9.88. The molecule has 1 aliphatic heterocycles. The van der Waals surface area contributed by atoms with Crippen LogP contribution >= 0.6 is 0 Å². The van der Waals surface area contributed by atoms with Gasteiger partial charge in [-0.25, -0.2) is 0 Å². The normalized spacial score (nSPS) is 14.6. The molecule has 1 aliphatic carbocycles. The highest BCUT2D eigenvalue weighted by Crippen LogP contribution is 2.51. The zero-order valence-electron chi connectivity index (χ0n) is 24.5. The smallest absolute Gasteiger partial charge is 0.0675 e. The molecular formula is C44H27N. The summed E-state index contributed by atoms with van der Waals surface area (Å²) in [5.41, 5.74) is 13.7. The average molecular weight is 570 g/mol. The highest BCUT2D eigenvalue weighted by Gasteiger charge is 2.36. The molecule has 1 heterocycles. The van der Waals surface area contributed by atoms with E-state index in [0.717, 1.165) is 11.4 Å². The second kappa shape index (κ2) is 9.35. The summed E-state index contributed by atoms with van der Waals surface area (Å²) < 4.78 is 0. The molecule has 2 aliphatic rings. The van der Waals surface area contributed by atoms with Crippen LogP contribution in [0.1, 0.15) is 22.6 Å². The molecule has 0 saturated heterocycles. The van der Waals surface area contributed by atoms with Crippen LogP contribution < -0.4 is 0 Å². The number of hydrogen-bond donors (Lipinski definition) is 0. The van der Waals surface area contributed by atoms with Crippen LogP contribution in [0, 0.1) is 0 Å². The quantitative estimate of drug-likeness (QED) is 0.184. The standard InChI is InChI=1S/C44H27N/c1-2-12-28-25-29(22-21-27(28)11-1)41-33-15-5-7-17-35(33)42(36-18-8-6-16-34(36)41)30-23-24-37-39(26-30)31-13-3-4-14-32(31)43-38-19-9-10-20-40(38)45-44(37)43/h1-26,43H. The summed E-state index contributed by atoms with van der Waals surface area (Å²) in [6.07, 6.45) is 0. The first-order valence-electron chi connectivity index (χ1n) is 15.7. The van der Waals surface area contributed by atoms with E-state index >= 15 is 0 Å². The maximum atomic E-state index is 5.20. The van der Waals surface area contributed by atoms with Gasteiger partial charge in [0, 0.05) is 5.56 Å². The molecule has 8 aromatic rings. The van der Waals surface area contributed by atoms with Gasteiger partial charge in [0.15, 0.2) is 0 Å². The van der Waals surface area contributed by atoms with Gasteiger partial charge in [0.2, 0.25) is 0 Å². The molecule has 0 N–H and O–H groups in total. The molecule has 0 spiro atoms. The van der Waals surface area contributed by atoms with Gasteiger partial charge in [0.1, 0.15) is 0 Å². The molecular weight excluding hydrogens is 542 g/mol. The van der Waals surface area contributed by atoms with E-state index in [0.29, 0.717) is 0 Å². The minimum Gasteiger partial charge on any atom is -0.251 e. The molecule has 45 heavy (non-hydrogen) atoms. The van der Waals surface area contributed by atoms with Gasteiger partial charge in [-0.1, -0.05) is 140 Å². The van der Waals surface area contributed by atoms with Crippen molar-refractivity contribution < 1.29 is 0 Å². The number of nitrogens with zero attached hydrogens (tertiary/aromatic N) is 1. The Balaban J connectivity index is 1.25. The van der Waals surface area contributed by atoms with Crippen molar-refractivity contribution >= 4 is 43.7 Å². The van der Waals surface area contributed by atoms with Crippen molar-refractivity contribution in [2.45, 2.75) is 5.92 Å². The number of fused-ring (bicyclic) bond motifs is 11. The van der Waals surface area contributed by atoms with Crippen molar-refractivity contribution in [3.63, 3.8) is 0 Å². The van der Waals surface area contributed by atoms with Crippen molar-refractivity contribution in [1.82, 2.24) is 0 Å². The molecule has 208 valence electrons. The Kier molecular flexibility index (Phi) is 5.12. The fourth-order valence-electron chi connectivity index (χ4n) is 7.94. The van der Waals surface area contributed by atoms with Gasteiger partial charge in [0.25, 0.3) is 0 Å². The van der Waals surface area contributed by atoms with E-state index in [1.165, 1.54) is 82.4 Å². The van der Waals surface area contributed by atoms with E-state index in [4.69, 9.17) is 4.99 Å². The summed E-state index contributed by atoms with van der Waals surface area (Å²) in [7, 11) is 0. The largest absolute Gasteiger partial charge is 0.251 e. The lowest BCUT2D eigenvalue weighted by Gasteiger charge is -2.27. The number of benzene rings is 8. The summed E-state index contributed by atoms with van der Waals surface area (Å²) in [4.78, 5) is 5.20. The second-order valence-corrected chi connectivity index (χ2v) is 12.2. The lowest BCUT2D eigenvalue weighted by Crippen LogP contribution is -2.18. The van der Waals surface area contributed by atoms with Crippen LogP contribution in [0.4, 0.5) is 5.69 Å². The molecule has 1 atom stereocenters. The second-order valence-electron chi connectivity index (χ2n) is 12.2. The van der Waals surface area contributed by atoms with E-state index in [1.807, 2.05) is 0 Å². The molecule has 1 heteroatoms. The Hall–Kier alpha value is -5.79. The van der Waals surface area contributed by atoms with Crippen molar-refractivity contribution in [3.8, 4) is 33.4 Å². The fraction of sp³-hybridized carbons (Fsp3) is 0.0227. The van der Waals surface area contributed by atoms with Crippen molar-refractivity contribution in [2.75, 3.05) is 0 Å². The van der Waals surface area contributed by atoms with E-state index in [9.17, 15) is 0 Å². The lowest BCUT2D eigenvalue weighted by molar-refractivity contribution is 1.10. The van der Waals surface area contributed by atoms with Crippen LogP contribution in [0.2, 0.25) is 0 Å². The van der Waals surface area contributed by atoms with Crippen LogP contribution in [0.5, 0.6) is 0 Å². The molecule has 8 aromatic carbocycles. The van der Waals surface area contributed by atoms with E-state index in [1.54, 1.807) is 0 Å². The highest BCUT2D eigenvalue weighted by atomic mass is 14.8. The highest BCUT2D eigenvalue weighted by molar-refractivity contribution is 6.23. The Morgan fingerprint density at radius 3 is 1.67 bits per heavy atom.